The Morgan fingerprint density at radius 3 is 2.39 bits per heavy atom. The van der Waals surface area contributed by atoms with E-state index in [1.807, 2.05) is 30.3 Å². The lowest BCUT2D eigenvalue weighted by Crippen LogP contribution is -2.52. The number of furan rings is 1. The number of halogens is 1. The molecule has 1 aromatic heterocycles. The van der Waals surface area contributed by atoms with E-state index in [4.69, 9.17) is 16.0 Å². The van der Waals surface area contributed by atoms with Crippen molar-refractivity contribution in [3.05, 3.63) is 113 Å². The second kappa shape index (κ2) is 8.86. The maximum atomic E-state index is 12.6. The van der Waals surface area contributed by atoms with E-state index in [-0.39, 0.29) is 11.3 Å². The molecule has 2 aliphatic carbocycles. The van der Waals surface area contributed by atoms with Crippen LogP contribution in [0.15, 0.2) is 95.4 Å². The van der Waals surface area contributed by atoms with Gasteiger partial charge in [0.25, 0.3) is 0 Å². The number of anilines is 1. The van der Waals surface area contributed by atoms with Gasteiger partial charge in [-0.05, 0) is 73.6 Å². The summed E-state index contributed by atoms with van der Waals surface area (Å²) in [4.78, 5) is 12.6. The molecule has 2 N–H and O–H groups in total. The number of hydrogen-bond donors (Lipinski definition) is 2. The Bertz CT molecular complexity index is 1400. The Balaban J connectivity index is 1.34. The van der Waals surface area contributed by atoms with Crippen molar-refractivity contribution in [2.75, 3.05) is 5.32 Å². The summed E-state index contributed by atoms with van der Waals surface area (Å²) < 4.78 is 6.47. The maximum Gasteiger partial charge on any atom is 0.329 e. The Morgan fingerprint density at radius 1 is 0.889 bits per heavy atom. The first-order chi connectivity index (χ1) is 17.5. The van der Waals surface area contributed by atoms with Gasteiger partial charge in [0, 0.05) is 27.6 Å². The van der Waals surface area contributed by atoms with Gasteiger partial charge in [-0.2, -0.15) is 0 Å². The third kappa shape index (κ3) is 3.81. The predicted molar refractivity (Wildman–Crippen MR) is 143 cm³/mol. The van der Waals surface area contributed by atoms with E-state index < -0.39 is 11.5 Å². The summed E-state index contributed by atoms with van der Waals surface area (Å²) in [5.41, 5.74) is 3.30. The maximum absolute atomic E-state index is 12.6. The molecule has 0 unspecified atom stereocenters. The van der Waals surface area contributed by atoms with Crippen LogP contribution in [-0.4, -0.2) is 16.6 Å². The lowest BCUT2D eigenvalue weighted by molar-refractivity contribution is -0.144. The zero-order valence-corrected chi connectivity index (χ0v) is 20.7. The van der Waals surface area contributed by atoms with E-state index in [1.165, 1.54) is 11.1 Å². The normalized spacial score (nSPS) is 25.0. The first-order valence-electron chi connectivity index (χ1n) is 12.5. The first kappa shape index (κ1) is 22.9. The predicted octanol–water partition coefficient (Wildman–Crippen LogP) is 7.69. The molecule has 0 saturated heterocycles. The number of rotatable bonds is 5. The topological polar surface area (TPSA) is 62.5 Å². The highest BCUT2D eigenvalue weighted by atomic mass is 35.5. The molecule has 1 spiro atoms. The van der Waals surface area contributed by atoms with Crippen molar-refractivity contribution in [2.45, 2.75) is 49.0 Å². The van der Waals surface area contributed by atoms with Crippen LogP contribution in [0.4, 0.5) is 5.69 Å². The number of nitrogens with one attached hydrogen (secondary N) is 1. The molecule has 1 heterocycles. The minimum Gasteiger partial charge on any atom is -0.480 e. The van der Waals surface area contributed by atoms with E-state index in [9.17, 15) is 9.90 Å². The molecule has 4 aromatic rings. The highest BCUT2D eigenvalue weighted by Gasteiger charge is 2.55. The van der Waals surface area contributed by atoms with E-state index in [1.54, 1.807) is 12.1 Å². The van der Waals surface area contributed by atoms with Crippen LogP contribution >= 0.6 is 11.6 Å². The monoisotopic (exact) mass is 497 g/mol. The zero-order chi connectivity index (χ0) is 24.8. The van der Waals surface area contributed by atoms with E-state index in [0.717, 1.165) is 42.0 Å². The molecular formula is C31H28ClNO3. The fraction of sp³-hybridized carbons (Fsp3) is 0.258. The lowest BCUT2D eigenvalue weighted by Gasteiger charge is -2.46. The van der Waals surface area contributed by atoms with Crippen LogP contribution < -0.4 is 5.32 Å². The standard InChI is InChI=1S/C31H28ClNO3/c32-23-10-6-11-24(20-23)33-31(29(34)35)17-15-30(16-18-31)25-12-5-4-9-22(25)19-26(30)28-14-13-27(36-28)21-7-2-1-3-8-21/h1-14,20,26,33H,15-19H2,(H,34,35)/t26-,30?,31?/m1/s1. The number of hydrogen-bond acceptors (Lipinski definition) is 3. The second-order valence-electron chi connectivity index (χ2n) is 10.2. The third-order valence-corrected chi connectivity index (χ3v) is 8.52. The summed E-state index contributed by atoms with van der Waals surface area (Å²) >= 11 is 6.18. The van der Waals surface area contributed by atoms with Gasteiger partial charge in [-0.15, -0.1) is 0 Å². The van der Waals surface area contributed by atoms with Crippen LogP contribution in [-0.2, 0) is 16.6 Å². The molecule has 0 amide bonds. The average Bonchev–Trinajstić information content (AvgIpc) is 3.50. The van der Waals surface area contributed by atoms with Gasteiger partial charge in [0.15, 0.2) is 0 Å². The first-order valence-corrected chi connectivity index (χ1v) is 12.9. The Morgan fingerprint density at radius 2 is 1.64 bits per heavy atom. The molecule has 5 heteroatoms. The minimum atomic E-state index is -1.03. The summed E-state index contributed by atoms with van der Waals surface area (Å²) in [6.07, 6.45) is 3.46. The smallest absolute Gasteiger partial charge is 0.329 e. The number of fused-ring (bicyclic) bond motifs is 2. The van der Waals surface area contributed by atoms with Gasteiger partial charge in [0.05, 0.1) is 0 Å². The van der Waals surface area contributed by atoms with Crippen molar-refractivity contribution in [1.82, 2.24) is 0 Å². The number of carbonyl (C=O) groups is 1. The van der Waals surface area contributed by atoms with Crippen molar-refractivity contribution in [3.63, 3.8) is 0 Å². The van der Waals surface area contributed by atoms with Crippen LogP contribution in [0.1, 0.15) is 48.5 Å². The van der Waals surface area contributed by atoms with Crippen molar-refractivity contribution in [3.8, 4) is 11.3 Å². The molecule has 2 aliphatic rings. The summed E-state index contributed by atoms with van der Waals surface area (Å²) in [5.74, 6) is 1.21. The van der Waals surface area contributed by atoms with Gasteiger partial charge in [-0.25, -0.2) is 4.79 Å². The molecule has 6 rings (SSSR count). The molecule has 0 bridgehead atoms. The van der Waals surface area contributed by atoms with Crippen LogP contribution in [0.25, 0.3) is 11.3 Å². The van der Waals surface area contributed by atoms with Crippen molar-refractivity contribution in [1.29, 1.82) is 0 Å². The minimum absolute atomic E-state index is 0.155. The van der Waals surface area contributed by atoms with Gasteiger partial charge in [-0.3, -0.25) is 0 Å². The second-order valence-corrected chi connectivity index (χ2v) is 10.6. The van der Waals surface area contributed by atoms with Crippen LogP contribution in [0.3, 0.4) is 0 Å². The largest absolute Gasteiger partial charge is 0.480 e. The highest BCUT2D eigenvalue weighted by molar-refractivity contribution is 6.30. The molecule has 1 saturated carbocycles. The highest BCUT2D eigenvalue weighted by Crippen LogP contribution is 2.58. The fourth-order valence-corrected chi connectivity index (χ4v) is 6.62. The molecule has 182 valence electrons. The average molecular weight is 498 g/mol. The van der Waals surface area contributed by atoms with Crippen LogP contribution in [0.2, 0.25) is 5.02 Å². The van der Waals surface area contributed by atoms with E-state index in [2.05, 4.69) is 53.8 Å². The van der Waals surface area contributed by atoms with Crippen molar-refractivity contribution >= 4 is 23.3 Å². The van der Waals surface area contributed by atoms with Gasteiger partial charge < -0.3 is 14.8 Å². The van der Waals surface area contributed by atoms with E-state index >= 15 is 0 Å². The zero-order valence-electron chi connectivity index (χ0n) is 19.9. The number of benzene rings is 3. The lowest BCUT2D eigenvalue weighted by atomic mass is 9.60. The molecule has 4 nitrogen and oxygen atoms in total. The number of carboxylic acid groups (broad SMARTS) is 1. The summed E-state index contributed by atoms with van der Waals surface area (Å²) in [7, 11) is 0. The summed E-state index contributed by atoms with van der Waals surface area (Å²) in [6, 6.07) is 30.3. The van der Waals surface area contributed by atoms with Crippen molar-refractivity contribution in [2.24, 2.45) is 0 Å². The Hall–Kier alpha value is -3.50. The van der Waals surface area contributed by atoms with Crippen molar-refractivity contribution < 1.29 is 14.3 Å². The fourth-order valence-electron chi connectivity index (χ4n) is 6.43. The van der Waals surface area contributed by atoms with Gasteiger partial charge >= 0.3 is 5.97 Å². The SMILES string of the molecule is O=C(O)C1(Nc2cccc(Cl)c2)CCC2(CC1)c1ccccc1C[C@@H]2c1ccc(-c2ccccc2)o1. The summed E-state index contributed by atoms with van der Waals surface area (Å²) in [6.45, 7) is 0. The number of aliphatic carboxylic acids is 1. The Labute approximate surface area is 215 Å². The van der Waals surface area contributed by atoms with Crippen LogP contribution in [0.5, 0.6) is 0 Å². The molecule has 0 radical (unpaired) electrons. The molecule has 3 aromatic carbocycles. The quantitative estimate of drug-likeness (QED) is 0.296. The van der Waals surface area contributed by atoms with Gasteiger partial charge in [0.1, 0.15) is 17.1 Å². The molecule has 1 fully saturated rings. The Kier molecular flexibility index (Phi) is 5.65. The molecule has 36 heavy (non-hydrogen) atoms. The van der Waals surface area contributed by atoms with Gasteiger partial charge in [-0.1, -0.05) is 72.3 Å². The third-order valence-electron chi connectivity index (χ3n) is 8.29. The van der Waals surface area contributed by atoms with E-state index in [0.29, 0.717) is 17.9 Å². The molecule has 1 atom stereocenters. The number of carboxylic acids is 1. The van der Waals surface area contributed by atoms with Crippen LogP contribution in [0, 0.1) is 0 Å². The van der Waals surface area contributed by atoms with Gasteiger partial charge in [0.2, 0.25) is 0 Å². The molecule has 0 aliphatic heterocycles. The molecular weight excluding hydrogens is 470 g/mol. The summed E-state index contributed by atoms with van der Waals surface area (Å²) in [5, 5.41) is 14.3.